The molecular weight excluding hydrogens is 216 g/mol. The van der Waals surface area contributed by atoms with Crippen LogP contribution in [0.3, 0.4) is 0 Å². The molecule has 94 valence electrons. The monoisotopic (exact) mass is 236 g/mol. The van der Waals surface area contributed by atoms with Gasteiger partial charge in [0.1, 0.15) is 0 Å². The van der Waals surface area contributed by atoms with Gasteiger partial charge in [-0.2, -0.15) is 0 Å². The first-order valence-electron chi connectivity index (χ1n) is 6.32. The van der Waals surface area contributed by atoms with Gasteiger partial charge in [0.2, 0.25) is 5.91 Å². The second-order valence-corrected chi connectivity index (χ2v) is 4.77. The van der Waals surface area contributed by atoms with Crippen molar-refractivity contribution in [3.05, 3.63) is 24.0 Å². The second kappa shape index (κ2) is 5.87. The van der Waals surface area contributed by atoms with E-state index >= 15 is 0 Å². The van der Waals surface area contributed by atoms with Crippen molar-refractivity contribution >= 4 is 5.91 Å². The average molecular weight is 236 g/mol. The minimum atomic E-state index is 0.0396. The van der Waals surface area contributed by atoms with Crippen LogP contribution in [0.2, 0.25) is 0 Å². The molecule has 4 heteroatoms. The Balaban J connectivity index is 1.84. The van der Waals surface area contributed by atoms with Crippen LogP contribution in [0, 0.1) is 5.92 Å². The van der Waals surface area contributed by atoms with E-state index in [1.807, 2.05) is 18.3 Å². The zero-order valence-corrected chi connectivity index (χ0v) is 9.98. The standard InChI is InChI=1S/C13H20N2O2/c16-9-10-4-1-2-6-12(10)15-13(17)8-11-5-3-7-14-11/h3,5,7,10,12,14,16H,1-2,4,6,8-9H2,(H,15,17). The summed E-state index contributed by atoms with van der Waals surface area (Å²) in [5.41, 5.74) is 0.929. The Morgan fingerprint density at radius 3 is 3.00 bits per heavy atom. The molecule has 0 radical (unpaired) electrons. The van der Waals surface area contributed by atoms with Crippen LogP contribution in [0.1, 0.15) is 31.4 Å². The van der Waals surface area contributed by atoms with Crippen molar-refractivity contribution in [2.24, 2.45) is 5.92 Å². The van der Waals surface area contributed by atoms with Crippen molar-refractivity contribution in [2.75, 3.05) is 6.61 Å². The number of H-pyrrole nitrogens is 1. The predicted molar refractivity (Wildman–Crippen MR) is 65.5 cm³/mol. The Morgan fingerprint density at radius 2 is 2.29 bits per heavy atom. The van der Waals surface area contributed by atoms with Crippen molar-refractivity contribution in [3.8, 4) is 0 Å². The lowest BCUT2D eigenvalue weighted by molar-refractivity contribution is -0.121. The van der Waals surface area contributed by atoms with Gasteiger partial charge in [-0.25, -0.2) is 0 Å². The highest BCUT2D eigenvalue weighted by Crippen LogP contribution is 2.23. The van der Waals surface area contributed by atoms with Gasteiger partial charge in [0.25, 0.3) is 0 Å². The van der Waals surface area contributed by atoms with E-state index in [9.17, 15) is 9.90 Å². The van der Waals surface area contributed by atoms with Crippen molar-refractivity contribution in [3.63, 3.8) is 0 Å². The van der Waals surface area contributed by atoms with Gasteiger partial charge in [0, 0.05) is 30.5 Å². The lowest BCUT2D eigenvalue weighted by atomic mass is 9.85. The highest BCUT2D eigenvalue weighted by atomic mass is 16.3. The summed E-state index contributed by atoms with van der Waals surface area (Å²) >= 11 is 0. The van der Waals surface area contributed by atoms with Crippen LogP contribution in [0.5, 0.6) is 0 Å². The molecule has 0 aliphatic heterocycles. The third-order valence-electron chi connectivity index (χ3n) is 3.50. The lowest BCUT2D eigenvalue weighted by Gasteiger charge is -2.30. The highest BCUT2D eigenvalue weighted by molar-refractivity contribution is 5.78. The minimum Gasteiger partial charge on any atom is -0.396 e. The lowest BCUT2D eigenvalue weighted by Crippen LogP contribution is -2.44. The van der Waals surface area contributed by atoms with E-state index in [2.05, 4.69) is 10.3 Å². The average Bonchev–Trinajstić information content (AvgIpc) is 2.82. The number of aliphatic hydroxyl groups is 1. The van der Waals surface area contributed by atoms with Crippen LogP contribution in [0.25, 0.3) is 0 Å². The van der Waals surface area contributed by atoms with E-state index in [-0.39, 0.29) is 24.5 Å². The molecule has 0 aromatic carbocycles. The fourth-order valence-corrected chi connectivity index (χ4v) is 2.52. The summed E-state index contributed by atoms with van der Waals surface area (Å²) < 4.78 is 0. The Kier molecular flexibility index (Phi) is 4.20. The van der Waals surface area contributed by atoms with Gasteiger partial charge in [-0.3, -0.25) is 4.79 Å². The topological polar surface area (TPSA) is 65.1 Å². The summed E-state index contributed by atoms with van der Waals surface area (Å²) in [6.45, 7) is 0.174. The van der Waals surface area contributed by atoms with Crippen LogP contribution in [-0.2, 0) is 11.2 Å². The van der Waals surface area contributed by atoms with Gasteiger partial charge in [-0.05, 0) is 25.0 Å². The van der Waals surface area contributed by atoms with Gasteiger partial charge in [0.15, 0.2) is 0 Å². The van der Waals surface area contributed by atoms with E-state index < -0.39 is 0 Å². The number of nitrogens with one attached hydrogen (secondary N) is 2. The number of carbonyl (C=O) groups excluding carboxylic acids is 1. The molecule has 0 saturated heterocycles. The first-order valence-corrected chi connectivity index (χ1v) is 6.32. The largest absolute Gasteiger partial charge is 0.396 e. The number of hydrogen-bond donors (Lipinski definition) is 3. The van der Waals surface area contributed by atoms with Crippen LogP contribution < -0.4 is 5.32 Å². The summed E-state index contributed by atoms with van der Waals surface area (Å²) in [6, 6.07) is 3.94. The fourth-order valence-electron chi connectivity index (χ4n) is 2.52. The molecule has 2 atom stereocenters. The SMILES string of the molecule is O=C(Cc1ccc[nH]1)NC1CCCCC1CO. The number of amides is 1. The van der Waals surface area contributed by atoms with E-state index in [1.54, 1.807) is 0 Å². The van der Waals surface area contributed by atoms with Crippen LogP contribution >= 0.6 is 0 Å². The van der Waals surface area contributed by atoms with Crippen molar-refractivity contribution < 1.29 is 9.90 Å². The van der Waals surface area contributed by atoms with E-state index in [1.165, 1.54) is 0 Å². The quantitative estimate of drug-likeness (QED) is 0.736. The maximum atomic E-state index is 11.8. The molecule has 0 spiro atoms. The first-order chi connectivity index (χ1) is 8.29. The number of carbonyl (C=O) groups is 1. The van der Waals surface area contributed by atoms with E-state index in [0.717, 1.165) is 31.4 Å². The molecule has 1 amide bonds. The molecule has 1 aromatic rings. The molecule has 1 aliphatic carbocycles. The van der Waals surface area contributed by atoms with Gasteiger partial charge >= 0.3 is 0 Å². The van der Waals surface area contributed by atoms with Gasteiger partial charge in [0.05, 0.1) is 6.42 Å². The molecule has 4 nitrogen and oxygen atoms in total. The van der Waals surface area contributed by atoms with Crippen molar-refractivity contribution in [1.82, 2.24) is 10.3 Å². The summed E-state index contributed by atoms with van der Waals surface area (Å²) in [4.78, 5) is 14.8. The zero-order valence-electron chi connectivity index (χ0n) is 9.98. The van der Waals surface area contributed by atoms with Crippen LogP contribution in [0.15, 0.2) is 18.3 Å². The molecule has 17 heavy (non-hydrogen) atoms. The maximum absolute atomic E-state index is 11.8. The molecule has 1 saturated carbocycles. The maximum Gasteiger partial charge on any atom is 0.226 e. The molecular formula is C13H20N2O2. The van der Waals surface area contributed by atoms with E-state index in [4.69, 9.17) is 0 Å². The molecule has 1 fully saturated rings. The van der Waals surface area contributed by atoms with Crippen molar-refractivity contribution in [1.29, 1.82) is 0 Å². The van der Waals surface area contributed by atoms with E-state index in [0.29, 0.717) is 6.42 Å². The number of aliphatic hydroxyl groups excluding tert-OH is 1. The number of rotatable bonds is 4. The van der Waals surface area contributed by atoms with Crippen molar-refractivity contribution in [2.45, 2.75) is 38.1 Å². The molecule has 1 aliphatic rings. The van der Waals surface area contributed by atoms with Crippen LogP contribution in [0.4, 0.5) is 0 Å². The summed E-state index contributed by atoms with van der Waals surface area (Å²) in [7, 11) is 0. The van der Waals surface area contributed by atoms with Crippen LogP contribution in [-0.4, -0.2) is 28.6 Å². The predicted octanol–water partition coefficient (Wildman–Crippen LogP) is 1.22. The Hall–Kier alpha value is -1.29. The summed E-state index contributed by atoms with van der Waals surface area (Å²) in [5, 5.41) is 12.3. The molecule has 2 unspecified atom stereocenters. The number of hydrogen-bond acceptors (Lipinski definition) is 2. The Morgan fingerprint density at radius 1 is 1.47 bits per heavy atom. The summed E-state index contributed by atoms with van der Waals surface area (Å²) in [5.74, 6) is 0.272. The normalized spacial score (nSPS) is 24.5. The second-order valence-electron chi connectivity index (χ2n) is 4.77. The number of aromatic amines is 1. The molecule has 3 N–H and O–H groups in total. The number of aromatic nitrogens is 1. The smallest absolute Gasteiger partial charge is 0.226 e. The molecule has 1 heterocycles. The Bertz CT molecular complexity index is 348. The molecule has 2 rings (SSSR count). The Labute approximate surface area is 101 Å². The van der Waals surface area contributed by atoms with Gasteiger partial charge < -0.3 is 15.4 Å². The zero-order chi connectivity index (χ0) is 12.1. The third kappa shape index (κ3) is 3.33. The fraction of sp³-hybridized carbons (Fsp3) is 0.615. The minimum absolute atomic E-state index is 0.0396. The highest BCUT2D eigenvalue weighted by Gasteiger charge is 2.25. The molecule has 0 bridgehead atoms. The first kappa shape index (κ1) is 12.2. The molecule has 1 aromatic heterocycles. The van der Waals surface area contributed by atoms with Gasteiger partial charge in [-0.15, -0.1) is 0 Å². The third-order valence-corrected chi connectivity index (χ3v) is 3.50. The summed E-state index contributed by atoms with van der Waals surface area (Å²) in [6.07, 6.45) is 6.52. The van der Waals surface area contributed by atoms with Gasteiger partial charge in [-0.1, -0.05) is 12.8 Å².